The summed E-state index contributed by atoms with van der Waals surface area (Å²) in [4.78, 5) is 11.1. The van der Waals surface area contributed by atoms with Gasteiger partial charge >= 0.3 is 6.18 Å². The zero-order chi connectivity index (χ0) is 13.1. The molecule has 0 heterocycles. The summed E-state index contributed by atoms with van der Waals surface area (Å²) in [5, 5.41) is 10.3. The monoisotopic (exact) mass is 306 g/mol. The number of amides is 1. The van der Waals surface area contributed by atoms with E-state index in [4.69, 9.17) is 5.26 Å². The molecular weight excluding hydrogens is 301 g/mol. The average molecular weight is 307 g/mol. The number of halogens is 4. The molecule has 3 nitrogen and oxygen atoms in total. The van der Waals surface area contributed by atoms with E-state index in [9.17, 15) is 18.0 Å². The molecule has 0 aliphatic rings. The smallest absolute Gasteiger partial charge is 0.325 e. The summed E-state index contributed by atoms with van der Waals surface area (Å²) in [5.74, 6) is -0.781. The van der Waals surface area contributed by atoms with Crippen LogP contribution >= 0.6 is 15.9 Å². The maximum atomic E-state index is 12.6. The number of nitrogens with one attached hydrogen (secondary N) is 1. The number of nitrogens with zero attached hydrogens (tertiary/aromatic N) is 1. The number of benzene rings is 1. The second-order valence-electron chi connectivity index (χ2n) is 3.07. The third-order valence-electron chi connectivity index (χ3n) is 1.80. The van der Waals surface area contributed by atoms with Crippen molar-refractivity contribution in [3.63, 3.8) is 0 Å². The molecule has 7 heteroatoms. The minimum Gasteiger partial charge on any atom is -0.325 e. The number of nitriles is 1. The maximum absolute atomic E-state index is 12.6. The van der Waals surface area contributed by atoms with Gasteiger partial charge in [-0.2, -0.15) is 18.4 Å². The third-order valence-corrected chi connectivity index (χ3v) is 2.29. The summed E-state index contributed by atoms with van der Waals surface area (Å²) in [6.45, 7) is 0. The molecule has 0 atom stereocenters. The third kappa shape index (κ3) is 3.75. The summed E-state index contributed by atoms with van der Waals surface area (Å²) in [6, 6.07) is 4.77. The van der Waals surface area contributed by atoms with Crippen LogP contribution in [-0.2, 0) is 11.0 Å². The van der Waals surface area contributed by atoms with Crippen molar-refractivity contribution in [1.82, 2.24) is 0 Å². The zero-order valence-corrected chi connectivity index (χ0v) is 9.89. The Morgan fingerprint density at radius 2 is 2.12 bits per heavy atom. The maximum Gasteiger partial charge on any atom is 0.418 e. The molecule has 90 valence electrons. The fraction of sp³-hybridized carbons (Fsp3) is 0.200. The number of alkyl halides is 3. The Balaban J connectivity index is 3.09. The summed E-state index contributed by atoms with van der Waals surface area (Å²) in [7, 11) is 0. The minimum atomic E-state index is -4.56. The Morgan fingerprint density at radius 1 is 1.47 bits per heavy atom. The molecule has 0 aliphatic heterocycles. The average Bonchev–Trinajstić information content (AvgIpc) is 2.15. The van der Waals surface area contributed by atoms with Crippen molar-refractivity contribution in [2.75, 3.05) is 5.32 Å². The van der Waals surface area contributed by atoms with Gasteiger partial charge in [-0.15, -0.1) is 0 Å². The molecule has 1 aromatic rings. The van der Waals surface area contributed by atoms with Crippen LogP contribution in [0.4, 0.5) is 18.9 Å². The highest BCUT2D eigenvalue weighted by atomic mass is 79.9. The standard InChI is InChI=1S/C10H6BrF3N2O/c11-6-1-2-7(10(12,13)14)8(5-6)16-9(17)3-4-15/h1-2,5H,3H2,(H,16,17). The van der Waals surface area contributed by atoms with E-state index in [1.807, 2.05) is 5.32 Å². The van der Waals surface area contributed by atoms with Crippen molar-refractivity contribution >= 4 is 27.5 Å². The van der Waals surface area contributed by atoms with Gasteiger partial charge < -0.3 is 5.32 Å². The van der Waals surface area contributed by atoms with Gasteiger partial charge in [0.25, 0.3) is 0 Å². The van der Waals surface area contributed by atoms with Gasteiger partial charge in [-0.3, -0.25) is 4.79 Å². The normalized spacial score (nSPS) is 10.8. The van der Waals surface area contributed by atoms with E-state index in [0.29, 0.717) is 4.47 Å². The number of carbonyl (C=O) groups excluding carboxylic acids is 1. The van der Waals surface area contributed by atoms with Crippen molar-refractivity contribution in [3.8, 4) is 6.07 Å². The van der Waals surface area contributed by atoms with Crippen LogP contribution < -0.4 is 5.32 Å². The fourth-order valence-electron chi connectivity index (χ4n) is 1.13. The molecule has 0 aliphatic carbocycles. The van der Waals surface area contributed by atoms with Crippen LogP contribution in [0.25, 0.3) is 0 Å². The van der Waals surface area contributed by atoms with E-state index in [1.54, 1.807) is 6.07 Å². The Kier molecular flexibility index (Phi) is 4.12. The van der Waals surface area contributed by atoms with Gasteiger partial charge in [0.1, 0.15) is 6.42 Å². The van der Waals surface area contributed by atoms with Crippen LogP contribution in [0.5, 0.6) is 0 Å². The van der Waals surface area contributed by atoms with Crippen LogP contribution in [0.1, 0.15) is 12.0 Å². The minimum absolute atomic E-state index is 0.368. The second-order valence-corrected chi connectivity index (χ2v) is 3.99. The zero-order valence-electron chi connectivity index (χ0n) is 8.31. The lowest BCUT2D eigenvalue weighted by Crippen LogP contribution is -2.15. The molecule has 0 saturated heterocycles. The van der Waals surface area contributed by atoms with E-state index < -0.39 is 24.1 Å². The molecule has 0 unspecified atom stereocenters. The largest absolute Gasteiger partial charge is 0.418 e. The Hall–Kier alpha value is -1.55. The fourth-order valence-corrected chi connectivity index (χ4v) is 1.49. The molecule has 1 rings (SSSR count). The topological polar surface area (TPSA) is 52.9 Å². The number of carbonyl (C=O) groups is 1. The predicted molar refractivity (Wildman–Crippen MR) is 58.0 cm³/mol. The lowest BCUT2D eigenvalue weighted by molar-refractivity contribution is -0.137. The summed E-state index contributed by atoms with van der Waals surface area (Å²) in [6.07, 6.45) is -5.06. The highest BCUT2D eigenvalue weighted by Crippen LogP contribution is 2.36. The van der Waals surface area contributed by atoms with Crippen LogP contribution in [0.15, 0.2) is 22.7 Å². The Morgan fingerprint density at radius 3 is 2.65 bits per heavy atom. The molecule has 1 amide bonds. The molecule has 0 bridgehead atoms. The predicted octanol–water partition coefficient (Wildman–Crippen LogP) is 3.32. The molecule has 0 aromatic heterocycles. The van der Waals surface area contributed by atoms with Crippen molar-refractivity contribution in [3.05, 3.63) is 28.2 Å². The quantitative estimate of drug-likeness (QED) is 0.911. The first kappa shape index (κ1) is 13.5. The molecule has 1 N–H and O–H groups in total. The molecule has 0 radical (unpaired) electrons. The lowest BCUT2D eigenvalue weighted by atomic mass is 10.1. The van der Waals surface area contributed by atoms with Crippen molar-refractivity contribution in [2.45, 2.75) is 12.6 Å². The van der Waals surface area contributed by atoms with Crippen LogP contribution in [0, 0.1) is 11.3 Å². The Bertz CT molecular complexity index is 479. The highest BCUT2D eigenvalue weighted by Gasteiger charge is 2.33. The number of hydrogen-bond acceptors (Lipinski definition) is 2. The first-order chi connectivity index (χ1) is 7.84. The number of rotatable bonds is 2. The molecule has 1 aromatic carbocycles. The van der Waals surface area contributed by atoms with Gasteiger partial charge in [0, 0.05) is 4.47 Å². The van der Waals surface area contributed by atoms with Crippen LogP contribution in [0.3, 0.4) is 0 Å². The van der Waals surface area contributed by atoms with Gasteiger partial charge in [-0.1, -0.05) is 15.9 Å². The molecule has 0 saturated carbocycles. The summed E-state index contributed by atoms with van der Waals surface area (Å²) < 4.78 is 38.2. The van der Waals surface area contributed by atoms with E-state index in [1.165, 1.54) is 6.07 Å². The summed E-state index contributed by atoms with van der Waals surface area (Å²) >= 11 is 3.01. The van der Waals surface area contributed by atoms with Crippen LogP contribution in [0.2, 0.25) is 0 Å². The van der Waals surface area contributed by atoms with Gasteiger partial charge in [-0.05, 0) is 18.2 Å². The van der Waals surface area contributed by atoms with Crippen molar-refractivity contribution in [2.24, 2.45) is 0 Å². The number of hydrogen-bond donors (Lipinski definition) is 1. The second kappa shape index (κ2) is 5.19. The molecule has 0 spiro atoms. The van der Waals surface area contributed by atoms with Crippen LogP contribution in [-0.4, -0.2) is 5.91 Å². The SMILES string of the molecule is N#CCC(=O)Nc1cc(Br)ccc1C(F)(F)F. The molecule has 17 heavy (non-hydrogen) atoms. The first-order valence-electron chi connectivity index (χ1n) is 4.38. The summed E-state index contributed by atoms with van der Waals surface area (Å²) in [5.41, 5.74) is -1.32. The molecular formula is C10H6BrF3N2O. The van der Waals surface area contributed by atoms with E-state index in [0.717, 1.165) is 12.1 Å². The number of anilines is 1. The first-order valence-corrected chi connectivity index (χ1v) is 5.17. The van der Waals surface area contributed by atoms with Crippen molar-refractivity contribution in [1.29, 1.82) is 5.26 Å². The van der Waals surface area contributed by atoms with Gasteiger partial charge in [0.05, 0.1) is 17.3 Å². The van der Waals surface area contributed by atoms with E-state index in [-0.39, 0.29) is 5.69 Å². The highest BCUT2D eigenvalue weighted by molar-refractivity contribution is 9.10. The van der Waals surface area contributed by atoms with E-state index in [2.05, 4.69) is 15.9 Å². The Labute approximate surface area is 103 Å². The van der Waals surface area contributed by atoms with E-state index >= 15 is 0 Å². The molecule has 0 fully saturated rings. The van der Waals surface area contributed by atoms with Gasteiger partial charge in [0.2, 0.25) is 5.91 Å². The van der Waals surface area contributed by atoms with Gasteiger partial charge in [0.15, 0.2) is 0 Å². The lowest BCUT2D eigenvalue weighted by Gasteiger charge is -2.13. The van der Waals surface area contributed by atoms with Gasteiger partial charge in [-0.25, -0.2) is 0 Å². The van der Waals surface area contributed by atoms with Crippen molar-refractivity contribution < 1.29 is 18.0 Å².